The molecule has 0 fully saturated rings. The van der Waals surface area contributed by atoms with Crippen molar-refractivity contribution in [3.05, 3.63) is 53.3 Å². The fourth-order valence-corrected chi connectivity index (χ4v) is 2.58. The van der Waals surface area contributed by atoms with Crippen LogP contribution in [0.25, 0.3) is 0 Å². The second-order valence-corrected chi connectivity index (χ2v) is 5.26. The summed E-state index contributed by atoms with van der Waals surface area (Å²) < 4.78 is 24.4. The van der Waals surface area contributed by atoms with Crippen LogP contribution in [0.15, 0.2) is 36.4 Å². The third kappa shape index (κ3) is 4.13. The van der Waals surface area contributed by atoms with Gasteiger partial charge in [0.15, 0.2) is 11.5 Å². The van der Waals surface area contributed by atoms with E-state index in [1.54, 1.807) is 24.3 Å². The van der Waals surface area contributed by atoms with Gasteiger partial charge in [0.1, 0.15) is 11.6 Å². The van der Waals surface area contributed by atoms with Crippen LogP contribution in [-0.2, 0) is 6.42 Å². The van der Waals surface area contributed by atoms with Crippen molar-refractivity contribution in [3.63, 3.8) is 0 Å². The fraction of sp³-hybridized carbons (Fsp3) is 0.333. The number of ether oxygens (including phenoxy) is 2. The molecule has 124 valence electrons. The molecular weight excluding hydrogens is 297 g/mol. The van der Waals surface area contributed by atoms with E-state index in [-0.39, 0.29) is 17.5 Å². The van der Waals surface area contributed by atoms with Crippen molar-refractivity contribution in [1.82, 2.24) is 0 Å². The second kappa shape index (κ2) is 7.83. The number of hydrogen-bond donors (Lipinski definition) is 2. The van der Waals surface area contributed by atoms with Gasteiger partial charge in [-0.15, -0.1) is 0 Å². The van der Waals surface area contributed by atoms with Crippen LogP contribution in [0.1, 0.15) is 24.0 Å². The van der Waals surface area contributed by atoms with Gasteiger partial charge < -0.3 is 20.3 Å². The molecule has 0 aliphatic heterocycles. The number of halogens is 1. The van der Waals surface area contributed by atoms with Crippen molar-refractivity contribution in [1.29, 1.82) is 0 Å². The van der Waals surface area contributed by atoms with E-state index in [1.807, 2.05) is 6.92 Å². The highest BCUT2D eigenvalue weighted by atomic mass is 19.1. The van der Waals surface area contributed by atoms with E-state index in [0.717, 1.165) is 11.1 Å². The van der Waals surface area contributed by atoms with Crippen LogP contribution < -0.4 is 15.2 Å². The van der Waals surface area contributed by atoms with Crippen LogP contribution >= 0.6 is 0 Å². The first kappa shape index (κ1) is 17.1. The van der Waals surface area contributed by atoms with Crippen LogP contribution in [0.5, 0.6) is 17.2 Å². The SMILES string of the molecule is CCOc1ccc(F)cc1C(CN)Cc1ccc(O)c(OC)c1. The molecule has 0 aliphatic rings. The molecule has 0 saturated heterocycles. The Labute approximate surface area is 135 Å². The van der Waals surface area contributed by atoms with Crippen LogP contribution in [-0.4, -0.2) is 25.4 Å². The zero-order valence-electron chi connectivity index (χ0n) is 13.4. The lowest BCUT2D eigenvalue weighted by molar-refractivity contribution is 0.333. The summed E-state index contributed by atoms with van der Waals surface area (Å²) in [5.74, 6) is 0.727. The highest BCUT2D eigenvalue weighted by molar-refractivity contribution is 5.43. The van der Waals surface area contributed by atoms with E-state index >= 15 is 0 Å². The van der Waals surface area contributed by atoms with E-state index in [1.165, 1.54) is 19.2 Å². The van der Waals surface area contributed by atoms with E-state index in [0.29, 0.717) is 31.1 Å². The minimum atomic E-state index is -0.315. The first-order valence-electron chi connectivity index (χ1n) is 7.57. The molecule has 2 aromatic rings. The topological polar surface area (TPSA) is 64.7 Å². The number of phenolic OH excluding ortho intramolecular Hbond substituents is 1. The summed E-state index contributed by atoms with van der Waals surface area (Å²) in [7, 11) is 1.50. The minimum absolute atomic E-state index is 0.0845. The van der Waals surface area contributed by atoms with Gasteiger partial charge in [0, 0.05) is 11.5 Å². The first-order chi connectivity index (χ1) is 11.1. The fourth-order valence-electron chi connectivity index (χ4n) is 2.58. The van der Waals surface area contributed by atoms with Crippen molar-refractivity contribution in [3.8, 4) is 17.2 Å². The Bertz CT molecular complexity index is 661. The minimum Gasteiger partial charge on any atom is -0.504 e. The van der Waals surface area contributed by atoms with Crippen molar-refractivity contribution in [2.75, 3.05) is 20.3 Å². The lowest BCUT2D eigenvalue weighted by Gasteiger charge is -2.19. The summed E-state index contributed by atoms with van der Waals surface area (Å²) in [5.41, 5.74) is 7.61. The third-order valence-electron chi connectivity index (χ3n) is 3.72. The number of nitrogens with two attached hydrogens (primary N) is 1. The lowest BCUT2D eigenvalue weighted by atomic mass is 9.91. The maximum atomic E-state index is 13.6. The molecule has 5 heteroatoms. The molecule has 0 heterocycles. The van der Waals surface area contributed by atoms with Crippen LogP contribution in [0, 0.1) is 5.82 Å². The molecule has 0 spiro atoms. The Hall–Kier alpha value is -2.27. The summed E-state index contributed by atoms with van der Waals surface area (Å²) >= 11 is 0. The van der Waals surface area contributed by atoms with Gasteiger partial charge in [-0.3, -0.25) is 0 Å². The number of methoxy groups -OCH3 is 1. The Kier molecular flexibility index (Phi) is 5.82. The van der Waals surface area contributed by atoms with E-state index in [2.05, 4.69) is 0 Å². The average Bonchev–Trinajstić information content (AvgIpc) is 2.56. The highest BCUT2D eigenvalue weighted by Gasteiger charge is 2.17. The van der Waals surface area contributed by atoms with Gasteiger partial charge in [-0.25, -0.2) is 4.39 Å². The van der Waals surface area contributed by atoms with Crippen LogP contribution in [0.3, 0.4) is 0 Å². The Balaban J connectivity index is 2.31. The van der Waals surface area contributed by atoms with Gasteiger partial charge in [0.05, 0.1) is 13.7 Å². The van der Waals surface area contributed by atoms with Gasteiger partial charge in [-0.05, 0) is 55.8 Å². The molecule has 4 nitrogen and oxygen atoms in total. The molecule has 0 radical (unpaired) electrons. The molecule has 0 amide bonds. The molecule has 0 aromatic heterocycles. The molecule has 2 rings (SSSR count). The molecular formula is C18H22FNO3. The monoisotopic (exact) mass is 319 g/mol. The number of rotatable bonds is 7. The highest BCUT2D eigenvalue weighted by Crippen LogP contribution is 2.32. The molecule has 0 aliphatic carbocycles. The normalized spacial score (nSPS) is 12.0. The van der Waals surface area contributed by atoms with Crippen molar-refractivity contribution < 1.29 is 19.0 Å². The summed E-state index contributed by atoms with van der Waals surface area (Å²) in [6, 6.07) is 9.63. The summed E-state index contributed by atoms with van der Waals surface area (Å²) in [6.45, 7) is 2.74. The standard InChI is InChI=1S/C18H22FNO3/c1-3-23-17-7-5-14(19)10-15(17)13(11-20)8-12-4-6-16(21)18(9-12)22-2/h4-7,9-10,13,21H,3,8,11,20H2,1-2H3. The Morgan fingerprint density at radius 2 is 1.96 bits per heavy atom. The summed E-state index contributed by atoms with van der Waals surface area (Å²) in [5, 5.41) is 9.67. The molecule has 2 aromatic carbocycles. The number of benzene rings is 2. The maximum Gasteiger partial charge on any atom is 0.160 e. The molecule has 0 bridgehead atoms. The lowest BCUT2D eigenvalue weighted by Crippen LogP contribution is -2.16. The molecule has 0 saturated carbocycles. The first-order valence-corrected chi connectivity index (χ1v) is 7.57. The van der Waals surface area contributed by atoms with Crippen LogP contribution in [0.2, 0.25) is 0 Å². The Morgan fingerprint density at radius 3 is 2.61 bits per heavy atom. The predicted octanol–water partition coefficient (Wildman–Crippen LogP) is 3.22. The Morgan fingerprint density at radius 1 is 1.17 bits per heavy atom. The van der Waals surface area contributed by atoms with E-state index in [9.17, 15) is 9.50 Å². The van der Waals surface area contributed by atoms with Crippen molar-refractivity contribution >= 4 is 0 Å². The van der Waals surface area contributed by atoms with Crippen LogP contribution in [0.4, 0.5) is 4.39 Å². The smallest absolute Gasteiger partial charge is 0.160 e. The molecule has 1 atom stereocenters. The third-order valence-corrected chi connectivity index (χ3v) is 3.72. The zero-order valence-corrected chi connectivity index (χ0v) is 13.4. The second-order valence-electron chi connectivity index (χ2n) is 5.26. The summed E-state index contributed by atoms with van der Waals surface area (Å²) in [4.78, 5) is 0. The van der Waals surface area contributed by atoms with Gasteiger partial charge in [-0.1, -0.05) is 6.07 Å². The van der Waals surface area contributed by atoms with Crippen molar-refractivity contribution in [2.24, 2.45) is 5.73 Å². The largest absolute Gasteiger partial charge is 0.504 e. The molecule has 3 N–H and O–H groups in total. The van der Waals surface area contributed by atoms with Crippen molar-refractivity contribution in [2.45, 2.75) is 19.3 Å². The number of hydrogen-bond acceptors (Lipinski definition) is 4. The van der Waals surface area contributed by atoms with Gasteiger partial charge in [0.25, 0.3) is 0 Å². The van der Waals surface area contributed by atoms with E-state index < -0.39 is 0 Å². The molecule has 1 unspecified atom stereocenters. The number of aromatic hydroxyl groups is 1. The maximum absolute atomic E-state index is 13.6. The van der Waals surface area contributed by atoms with Gasteiger partial charge in [-0.2, -0.15) is 0 Å². The number of phenols is 1. The average molecular weight is 319 g/mol. The molecule has 23 heavy (non-hydrogen) atoms. The zero-order chi connectivity index (χ0) is 16.8. The summed E-state index contributed by atoms with van der Waals surface area (Å²) in [6.07, 6.45) is 0.594. The van der Waals surface area contributed by atoms with Gasteiger partial charge >= 0.3 is 0 Å². The van der Waals surface area contributed by atoms with Gasteiger partial charge in [0.2, 0.25) is 0 Å². The predicted molar refractivity (Wildman–Crippen MR) is 87.7 cm³/mol. The quantitative estimate of drug-likeness (QED) is 0.822. The van der Waals surface area contributed by atoms with E-state index in [4.69, 9.17) is 15.2 Å².